The van der Waals surface area contributed by atoms with Gasteiger partial charge < -0.3 is 9.52 Å². The first-order valence-corrected chi connectivity index (χ1v) is 6.54. The van der Waals surface area contributed by atoms with E-state index >= 15 is 0 Å². The van der Waals surface area contributed by atoms with Gasteiger partial charge in [-0.3, -0.25) is 10.1 Å². The number of hydrogen-bond donors (Lipinski definition) is 2. The molecule has 0 radical (unpaired) electrons. The van der Waals surface area contributed by atoms with E-state index in [1.165, 1.54) is 6.26 Å². The van der Waals surface area contributed by atoms with Gasteiger partial charge in [0.25, 0.3) is 5.91 Å². The molecule has 0 saturated carbocycles. The second-order valence-corrected chi connectivity index (χ2v) is 4.50. The van der Waals surface area contributed by atoms with Gasteiger partial charge in [0, 0.05) is 17.5 Å². The third-order valence-corrected chi connectivity index (χ3v) is 2.88. The van der Waals surface area contributed by atoms with Gasteiger partial charge in [-0.05, 0) is 31.5 Å². The minimum absolute atomic E-state index is 0.0236. The highest BCUT2D eigenvalue weighted by molar-refractivity contribution is 6.04. The maximum atomic E-state index is 12.2. The number of aromatic nitrogens is 1. The van der Waals surface area contributed by atoms with Gasteiger partial charge in [-0.1, -0.05) is 17.9 Å². The number of aliphatic hydroxyl groups excluding tert-OH is 1. The van der Waals surface area contributed by atoms with Gasteiger partial charge in [0.2, 0.25) is 0 Å². The monoisotopic (exact) mass is 284 g/mol. The van der Waals surface area contributed by atoms with Gasteiger partial charge >= 0.3 is 6.01 Å². The summed E-state index contributed by atoms with van der Waals surface area (Å²) in [5.74, 6) is 5.51. The Labute approximate surface area is 123 Å². The van der Waals surface area contributed by atoms with Crippen LogP contribution in [0.25, 0.3) is 0 Å². The van der Waals surface area contributed by atoms with Crippen LogP contribution in [0.4, 0.5) is 6.01 Å². The number of aryl methyl sites for hydroxylation is 1. The summed E-state index contributed by atoms with van der Waals surface area (Å²) in [5, 5.41) is 11.3. The van der Waals surface area contributed by atoms with Crippen LogP contribution in [0.2, 0.25) is 0 Å². The lowest BCUT2D eigenvalue weighted by atomic mass is 10.0. The molecule has 5 heteroatoms. The first-order valence-electron chi connectivity index (χ1n) is 6.54. The van der Waals surface area contributed by atoms with Crippen molar-refractivity contribution in [2.75, 3.05) is 11.9 Å². The van der Waals surface area contributed by atoms with E-state index in [1.54, 1.807) is 19.1 Å². The summed E-state index contributed by atoms with van der Waals surface area (Å²) in [4.78, 5) is 16.3. The van der Waals surface area contributed by atoms with E-state index in [9.17, 15) is 4.79 Å². The Bertz CT molecular complexity index is 708. The summed E-state index contributed by atoms with van der Waals surface area (Å²) in [7, 11) is 0. The standard InChI is InChI=1S/C16H16N2O3/c1-11-10-21-16(17-11)18-15(20)14-8-5-7-13(12(14)2)6-3-4-9-19/h5,7-8,10,19H,4,9H2,1-2H3,(H,17,18,20). The van der Waals surface area contributed by atoms with Crippen LogP contribution in [0.1, 0.15) is 33.6 Å². The molecule has 2 N–H and O–H groups in total. The minimum atomic E-state index is -0.292. The van der Waals surface area contributed by atoms with Crippen molar-refractivity contribution >= 4 is 11.9 Å². The van der Waals surface area contributed by atoms with Crippen LogP contribution < -0.4 is 5.32 Å². The molecule has 5 nitrogen and oxygen atoms in total. The Morgan fingerprint density at radius 1 is 1.43 bits per heavy atom. The summed E-state index contributed by atoms with van der Waals surface area (Å²) in [6.45, 7) is 3.64. The summed E-state index contributed by atoms with van der Waals surface area (Å²) < 4.78 is 5.11. The molecule has 1 heterocycles. The zero-order chi connectivity index (χ0) is 15.2. The summed E-state index contributed by atoms with van der Waals surface area (Å²) >= 11 is 0. The summed E-state index contributed by atoms with van der Waals surface area (Å²) in [5.41, 5.74) is 2.76. The predicted molar refractivity (Wildman–Crippen MR) is 79.0 cm³/mol. The van der Waals surface area contributed by atoms with Crippen LogP contribution in [0.3, 0.4) is 0 Å². The van der Waals surface area contributed by atoms with Crippen molar-refractivity contribution in [2.45, 2.75) is 20.3 Å². The van der Waals surface area contributed by atoms with E-state index in [-0.39, 0.29) is 18.5 Å². The molecular weight excluding hydrogens is 268 g/mol. The Hall–Kier alpha value is -2.58. The van der Waals surface area contributed by atoms with Crippen molar-refractivity contribution < 1.29 is 14.3 Å². The van der Waals surface area contributed by atoms with E-state index < -0.39 is 0 Å². The lowest BCUT2D eigenvalue weighted by Gasteiger charge is -2.06. The number of amides is 1. The first kappa shape index (κ1) is 14.8. The average Bonchev–Trinajstić information content (AvgIpc) is 2.86. The fraction of sp³-hybridized carbons (Fsp3) is 0.250. The smallest absolute Gasteiger partial charge is 0.301 e. The maximum Gasteiger partial charge on any atom is 0.301 e. The number of benzene rings is 1. The van der Waals surface area contributed by atoms with Gasteiger partial charge in [0.15, 0.2) is 0 Å². The van der Waals surface area contributed by atoms with Crippen molar-refractivity contribution in [3.05, 3.63) is 46.8 Å². The van der Waals surface area contributed by atoms with E-state index in [0.717, 1.165) is 11.1 Å². The maximum absolute atomic E-state index is 12.2. The molecule has 1 amide bonds. The molecule has 0 unspecified atom stereocenters. The molecule has 1 aromatic heterocycles. The van der Waals surface area contributed by atoms with Crippen LogP contribution >= 0.6 is 0 Å². The highest BCUT2D eigenvalue weighted by Gasteiger charge is 2.13. The molecule has 21 heavy (non-hydrogen) atoms. The molecule has 2 rings (SSSR count). The summed E-state index contributed by atoms with van der Waals surface area (Å²) in [6.07, 6.45) is 1.88. The van der Waals surface area contributed by atoms with Gasteiger partial charge in [0.1, 0.15) is 6.26 Å². The van der Waals surface area contributed by atoms with Crippen molar-refractivity contribution in [3.8, 4) is 11.8 Å². The molecule has 0 saturated heterocycles. The first-order chi connectivity index (χ1) is 10.1. The van der Waals surface area contributed by atoms with Crippen LogP contribution in [0, 0.1) is 25.7 Å². The van der Waals surface area contributed by atoms with E-state index in [1.807, 2.05) is 13.0 Å². The number of oxazole rings is 1. The fourth-order valence-corrected chi connectivity index (χ4v) is 1.81. The fourth-order valence-electron chi connectivity index (χ4n) is 1.81. The number of nitrogens with one attached hydrogen (secondary N) is 1. The topological polar surface area (TPSA) is 75.4 Å². The van der Waals surface area contributed by atoms with Crippen molar-refractivity contribution in [3.63, 3.8) is 0 Å². The molecule has 1 aromatic carbocycles. The summed E-state index contributed by atoms with van der Waals surface area (Å²) in [6, 6.07) is 5.50. The van der Waals surface area contributed by atoms with Crippen LogP contribution in [-0.4, -0.2) is 22.6 Å². The molecule has 0 aliphatic rings. The average molecular weight is 284 g/mol. The quantitative estimate of drug-likeness (QED) is 0.848. The molecule has 0 atom stereocenters. The van der Waals surface area contributed by atoms with Crippen molar-refractivity contribution in [2.24, 2.45) is 0 Å². The zero-order valence-corrected chi connectivity index (χ0v) is 11.9. The van der Waals surface area contributed by atoms with Gasteiger partial charge in [-0.2, -0.15) is 4.98 Å². The molecule has 2 aromatic rings. The number of hydrogen-bond acceptors (Lipinski definition) is 4. The molecular formula is C16H16N2O3. The van der Waals surface area contributed by atoms with E-state index in [4.69, 9.17) is 9.52 Å². The third kappa shape index (κ3) is 3.71. The lowest BCUT2D eigenvalue weighted by molar-refractivity contribution is 0.102. The largest absolute Gasteiger partial charge is 0.432 e. The van der Waals surface area contributed by atoms with Gasteiger partial charge in [0.05, 0.1) is 12.3 Å². The minimum Gasteiger partial charge on any atom is -0.432 e. The number of nitrogens with zero attached hydrogens (tertiary/aromatic N) is 1. The Kier molecular flexibility index (Phi) is 4.75. The van der Waals surface area contributed by atoms with Crippen LogP contribution in [-0.2, 0) is 0 Å². The molecule has 0 aliphatic carbocycles. The molecule has 0 aliphatic heterocycles. The van der Waals surface area contributed by atoms with Gasteiger partial charge in [-0.25, -0.2) is 0 Å². The van der Waals surface area contributed by atoms with Gasteiger partial charge in [-0.15, -0.1) is 0 Å². The molecule has 0 fully saturated rings. The highest BCUT2D eigenvalue weighted by atomic mass is 16.4. The Balaban J connectivity index is 2.22. The molecule has 0 bridgehead atoms. The number of aliphatic hydroxyl groups is 1. The second-order valence-electron chi connectivity index (χ2n) is 4.50. The van der Waals surface area contributed by atoms with E-state index in [0.29, 0.717) is 17.7 Å². The van der Waals surface area contributed by atoms with Crippen LogP contribution in [0.15, 0.2) is 28.9 Å². The Morgan fingerprint density at radius 3 is 2.90 bits per heavy atom. The molecule has 108 valence electrons. The van der Waals surface area contributed by atoms with Crippen molar-refractivity contribution in [1.82, 2.24) is 4.98 Å². The normalized spacial score (nSPS) is 9.86. The highest BCUT2D eigenvalue weighted by Crippen LogP contribution is 2.15. The number of carbonyl (C=O) groups is 1. The zero-order valence-electron chi connectivity index (χ0n) is 11.9. The Morgan fingerprint density at radius 2 is 2.24 bits per heavy atom. The van der Waals surface area contributed by atoms with E-state index in [2.05, 4.69) is 22.1 Å². The second kappa shape index (κ2) is 6.73. The van der Waals surface area contributed by atoms with Crippen LogP contribution in [0.5, 0.6) is 0 Å². The lowest BCUT2D eigenvalue weighted by Crippen LogP contribution is -2.14. The number of rotatable bonds is 3. The SMILES string of the molecule is Cc1coc(NC(=O)c2cccc(C#CCCO)c2C)n1. The third-order valence-electron chi connectivity index (χ3n) is 2.88. The predicted octanol–water partition coefficient (Wildman–Crippen LogP) is 2.28. The molecule has 0 spiro atoms. The van der Waals surface area contributed by atoms with Crippen molar-refractivity contribution in [1.29, 1.82) is 0 Å². The number of anilines is 1. The number of carbonyl (C=O) groups excluding carboxylic acids is 1.